The summed E-state index contributed by atoms with van der Waals surface area (Å²) in [5, 5.41) is 0. The molecule has 2 fully saturated rings. The molecule has 2 heterocycles. The van der Waals surface area contributed by atoms with E-state index in [9.17, 15) is 13.2 Å². The van der Waals surface area contributed by atoms with Crippen molar-refractivity contribution >= 4 is 15.9 Å². The van der Waals surface area contributed by atoms with Gasteiger partial charge in [0.2, 0.25) is 10.0 Å². The maximum Gasteiger partial charge on any atom is 0.253 e. The summed E-state index contributed by atoms with van der Waals surface area (Å²) in [6, 6.07) is 6.13. The van der Waals surface area contributed by atoms with Gasteiger partial charge in [-0.05, 0) is 64.7 Å². The number of hydrogen-bond donors (Lipinski definition) is 1. The third-order valence-electron chi connectivity index (χ3n) is 5.70. The van der Waals surface area contributed by atoms with E-state index in [2.05, 4.69) is 23.5 Å². The molecule has 3 rings (SSSR count). The molecular formula is C22H35N3O4S. The summed E-state index contributed by atoms with van der Waals surface area (Å²) in [4.78, 5) is 17.4. The average molecular weight is 438 g/mol. The van der Waals surface area contributed by atoms with E-state index >= 15 is 0 Å². The second-order valence-electron chi connectivity index (χ2n) is 9.02. The Morgan fingerprint density at radius 2 is 1.80 bits per heavy atom. The van der Waals surface area contributed by atoms with E-state index in [4.69, 9.17) is 4.74 Å². The summed E-state index contributed by atoms with van der Waals surface area (Å²) in [7, 11) is -3.62. The van der Waals surface area contributed by atoms with Crippen LogP contribution in [-0.2, 0) is 14.8 Å². The number of nitrogens with one attached hydrogen (secondary N) is 1. The van der Waals surface area contributed by atoms with Crippen LogP contribution in [0.2, 0.25) is 0 Å². The fraction of sp³-hybridized carbons (Fsp3) is 0.682. The minimum Gasteiger partial charge on any atom is -0.373 e. The molecule has 2 aliphatic heterocycles. The Morgan fingerprint density at radius 3 is 2.40 bits per heavy atom. The molecule has 2 saturated heterocycles. The molecule has 0 aliphatic carbocycles. The highest BCUT2D eigenvalue weighted by Gasteiger charge is 2.28. The Hall–Kier alpha value is -1.48. The van der Waals surface area contributed by atoms with E-state index in [1.807, 2.05) is 4.90 Å². The van der Waals surface area contributed by atoms with Gasteiger partial charge in [-0.25, -0.2) is 13.1 Å². The molecule has 8 heteroatoms. The summed E-state index contributed by atoms with van der Waals surface area (Å²) < 4.78 is 33.2. The zero-order chi connectivity index (χ0) is 21.9. The van der Waals surface area contributed by atoms with Crippen LogP contribution in [0.5, 0.6) is 0 Å². The molecule has 0 radical (unpaired) electrons. The highest BCUT2D eigenvalue weighted by atomic mass is 32.2. The van der Waals surface area contributed by atoms with E-state index < -0.39 is 10.0 Å². The van der Waals surface area contributed by atoms with Crippen LogP contribution in [0.4, 0.5) is 0 Å². The summed E-state index contributed by atoms with van der Waals surface area (Å²) in [6.45, 7) is 12.2. The molecule has 168 valence electrons. The summed E-state index contributed by atoms with van der Waals surface area (Å²) in [5.41, 5.74) is 0.427. The molecule has 2 atom stereocenters. The second kappa shape index (κ2) is 9.77. The molecule has 2 aliphatic rings. The van der Waals surface area contributed by atoms with Crippen molar-refractivity contribution < 1.29 is 17.9 Å². The van der Waals surface area contributed by atoms with Crippen molar-refractivity contribution in [1.82, 2.24) is 14.5 Å². The SMILES string of the molecule is CC(C)NS(=O)(=O)c1cccc(C(=O)N2CCC(CN3CC(C)OC(C)C3)CC2)c1. The fourth-order valence-electron chi connectivity index (χ4n) is 4.47. The lowest BCUT2D eigenvalue weighted by Crippen LogP contribution is -2.48. The van der Waals surface area contributed by atoms with Gasteiger partial charge in [0, 0.05) is 44.3 Å². The van der Waals surface area contributed by atoms with Gasteiger partial charge in [-0.15, -0.1) is 0 Å². The van der Waals surface area contributed by atoms with E-state index in [0.29, 0.717) is 24.6 Å². The molecule has 1 amide bonds. The summed E-state index contributed by atoms with van der Waals surface area (Å²) in [5.74, 6) is 0.483. The van der Waals surface area contributed by atoms with Crippen LogP contribution in [-0.4, -0.2) is 75.1 Å². The van der Waals surface area contributed by atoms with Crippen molar-refractivity contribution in [1.29, 1.82) is 0 Å². The molecule has 1 aromatic rings. The maximum atomic E-state index is 13.0. The third kappa shape index (κ3) is 6.03. The predicted octanol–water partition coefficient (Wildman–Crippen LogP) is 2.33. The number of rotatable bonds is 6. The molecule has 1 aromatic carbocycles. The van der Waals surface area contributed by atoms with Crippen molar-refractivity contribution in [2.75, 3.05) is 32.7 Å². The van der Waals surface area contributed by atoms with Gasteiger partial charge in [-0.3, -0.25) is 9.69 Å². The number of sulfonamides is 1. The predicted molar refractivity (Wildman–Crippen MR) is 117 cm³/mol. The van der Waals surface area contributed by atoms with Crippen molar-refractivity contribution in [2.45, 2.75) is 63.7 Å². The van der Waals surface area contributed by atoms with Crippen LogP contribution in [0.15, 0.2) is 29.2 Å². The van der Waals surface area contributed by atoms with Gasteiger partial charge in [-0.1, -0.05) is 6.07 Å². The van der Waals surface area contributed by atoms with Gasteiger partial charge in [0.1, 0.15) is 0 Å². The van der Waals surface area contributed by atoms with Crippen LogP contribution in [0.25, 0.3) is 0 Å². The highest BCUT2D eigenvalue weighted by molar-refractivity contribution is 7.89. The van der Waals surface area contributed by atoms with Crippen molar-refractivity contribution in [3.8, 4) is 0 Å². The Kier molecular flexibility index (Phi) is 7.55. The normalized spacial score (nSPS) is 24.4. The average Bonchev–Trinajstić information content (AvgIpc) is 2.66. The number of benzene rings is 1. The van der Waals surface area contributed by atoms with Crippen LogP contribution >= 0.6 is 0 Å². The fourth-order valence-corrected chi connectivity index (χ4v) is 5.77. The van der Waals surface area contributed by atoms with Crippen LogP contribution in [0.3, 0.4) is 0 Å². The molecule has 30 heavy (non-hydrogen) atoms. The number of ether oxygens (including phenoxy) is 1. The second-order valence-corrected chi connectivity index (χ2v) is 10.7. The molecule has 1 N–H and O–H groups in total. The quantitative estimate of drug-likeness (QED) is 0.739. The molecule has 0 aromatic heterocycles. The number of nitrogens with zero attached hydrogens (tertiary/aromatic N) is 2. The minimum absolute atomic E-state index is 0.0938. The number of carbonyl (C=O) groups excluding carboxylic acids is 1. The molecule has 0 bridgehead atoms. The number of likely N-dealkylation sites (tertiary alicyclic amines) is 1. The first kappa shape index (κ1) is 23.2. The minimum atomic E-state index is -3.62. The Labute approximate surface area is 180 Å². The summed E-state index contributed by atoms with van der Waals surface area (Å²) in [6.07, 6.45) is 2.48. The Balaban J connectivity index is 1.57. The van der Waals surface area contributed by atoms with Gasteiger partial charge in [0.05, 0.1) is 17.1 Å². The van der Waals surface area contributed by atoms with E-state index in [-0.39, 0.29) is 29.1 Å². The standard InChI is InChI=1S/C22H35N3O4S/c1-16(2)23-30(27,28)21-7-5-6-20(12-21)22(26)25-10-8-19(9-11-25)15-24-13-17(3)29-18(4)14-24/h5-7,12,16-19,23H,8-11,13-15H2,1-4H3. The first-order valence-corrected chi connectivity index (χ1v) is 12.4. The molecular weight excluding hydrogens is 402 g/mol. The molecule has 2 unspecified atom stereocenters. The lowest BCUT2D eigenvalue weighted by Gasteiger charge is -2.39. The van der Waals surface area contributed by atoms with Crippen molar-refractivity contribution in [3.05, 3.63) is 29.8 Å². The van der Waals surface area contributed by atoms with E-state index in [1.54, 1.807) is 26.0 Å². The topological polar surface area (TPSA) is 79.0 Å². The van der Waals surface area contributed by atoms with Gasteiger partial charge in [-0.2, -0.15) is 0 Å². The van der Waals surface area contributed by atoms with Crippen molar-refractivity contribution in [2.24, 2.45) is 5.92 Å². The Bertz CT molecular complexity index is 825. The van der Waals surface area contributed by atoms with Crippen molar-refractivity contribution in [3.63, 3.8) is 0 Å². The number of morpholine rings is 1. The first-order chi connectivity index (χ1) is 14.1. The lowest BCUT2D eigenvalue weighted by molar-refractivity contribution is -0.0728. The van der Waals surface area contributed by atoms with Gasteiger partial charge < -0.3 is 9.64 Å². The van der Waals surface area contributed by atoms with Crippen LogP contribution in [0, 0.1) is 5.92 Å². The van der Waals surface area contributed by atoms with Crippen LogP contribution < -0.4 is 4.72 Å². The lowest BCUT2D eigenvalue weighted by atomic mass is 9.95. The molecule has 0 saturated carbocycles. The number of carbonyl (C=O) groups is 1. The van der Waals surface area contributed by atoms with E-state index in [1.165, 1.54) is 12.1 Å². The van der Waals surface area contributed by atoms with Gasteiger partial charge >= 0.3 is 0 Å². The highest BCUT2D eigenvalue weighted by Crippen LogP contribution is 2.23. The van der Waals surface area contributed by atoms with E-state index in [0.717, 1.165) is 32.5 Å². The largest absolute Gasteiger partial charge is 0.373 e. The maximum absolute atomic E-state index is 13.0. The zero-order valence-corrected chi connectivity index (χ0v) is 19.3. The number of hydrogen-bond acceptors (Lipinski definition) is 5. The third-order valence-corrected chi connectivity index (χ3v) is 7.35. The molecule has 0 spiro atoms. The van der Waals surface area contributed by atoms with Gasteiger partial charge in [0.15, 0.2) is 0 Å². The zero-order valence-electron chi connectivity index (χ0n) is 18.5. The first-order valence-electron chi connectivity index (χ1n) is 10.9. The number of amides is 1. The van der Waals surface area contributed by atoms with Gasteiger partial charge in [0.25, 0.3) is 5.91 Å². The molecule has 7 nitrogen and oxygen atoms in total. The smallest absolute Gasteiger partial charge is 0.253 e. The summed E-state index contributed by atoms with van der Waals surface area (Å²) >= 11 is 0. The Morgan fingerprint density at radius 1 is 1.17 bits per heavy atom. The number of piperidine rings is 1. The monoisotopic (exact) mass is 437 g/mol. The van der Waals surface area contributed by atoms with Crippen LogP contribution in [0.1, 0.15) is 50.9 Å².